The Bertz CT molecular complexity index is 545. The van der Waals surface area contributed by atoms with Gasteiger partial charge in [0.05, 0.1) is 0 Å². The summed E-state index contributed by atoms with van der Waals surface area (Å²) in [6.07, 6.45) is 2.40. The van der Waals surface area contributed by atoms with Crippen LogP contribution in [0.5, 0.6) is 0 Å². The van der Waals surface area contributed by atoms with E-state index in [9.17, 15) is 13.2 Å². The largest absolute Gasteiger partial charge is 0.369 e. The number of nitrogens with zero attached hydrogens (tertiary/aromatic N) is 1. The van der Waals surface area contributed by atoms with Crippen molar-refractivity contribution in [1.82, 2.24) is 15.0 Å². The second-order valence-corrected chi connectivity index (χ2v) is 5.89. The van der Waals surface area contributed by atoms with Gasteiger partial charge in [0.25, 0.3) is 0 Å². The minimum Gasteiger partial charge on any atom is -0.369 e. The Morgan fingerprint density at radius 2 is 2.05 bits per heavy atom. The molecule has 0 saturated carbocycles. The number of rotatable bonds is 8. The molecule has 1 amide bonds. The summed E-state index contributed by atoms with van der Waals surface area (Å²) >= 11 is 0. The van der Waals surface area contributed by atoms with Gasteiger partial charge < -0.3 is 10.6 Å². The zero-order valence-electron chi connectivity index (χ0n) is 11.6. The molecule has 0 fully saturated rings. The molecule has 3 N–H and O–H groups in total. The molecule has 8 heteroatoms. The van der Waals surface area contributed by atoms with E-state index in [0.717, 1.165) is 6.42 Å². The Labute approximate surface area is 119 Å². The van der Waals surface area contributed by atoms with Gasteiger partial charge in [-0.15, -0.1) is 0 Å². The number of hydrogen-bond donors (Lipinski definition) is 3. The standard InChI is InChI=1S/C12H20N4O3S/c1-3-6-14-12-11(5-4-7-15-12)20(18,19)16-9-8-13-10(2)17/h4-5,7,16H,3,6,8-9H2,1-2H3,(H,13,17)(H,14,15). The van der Waals surface area contributed by atoms with Crippen LogP contribution in [0.15, 0.2) is 23.2 Å². The maximum absolute atomic E-state index is 12.2. The summed E-state index contributed by atoms with van der Waals surface area (Å²) in [4.78, 5) is 14.8. The Kier molecular flexibility index (Phi) is 6.40. The first-order valence-corrected chi connectivity index (χ1v) is 7.88. The first kappa shape index (κ1) is 16.4. The van der Waals surface area contributed by atoms with Crippen LogP contribution in [0.1, 0.15) is 20.3 Å². The van der Waals surface area contributed by atoms with E-state index < -0.39 is 10.0 Å². The lowest BCUT2D eigenvalue weighted by atomic mass is 10.4. The van der Waals surface area contributed by atoms with E-state index in [1.165, 1.54) is 19.2 Å². The molecule has 1 aromatic heterocycles. The minimum atomic E-state index is -3.65. The molecule has 0 aromatic carbocycles. The average molecular weight is 300 g/mol. The van der Waals surface area contributed by atoms with E-state index >= 15 is 0 Å². The van der Waals surface area contributed by atoms with E-state index in [1.807, 2.05) is 6.92 Å². The lowest BCUT2D eigenvalue weighted by Gasteiger charge is -2.11. The molecule has 0 unspecified atom stereocenters. The number of aromatic nitrogens is 1. The lowest BCUT2D eigenvalue weighted by molar-refractivity contribution is -0.118. The number of sulfonamides is 1. The van der Waals surface area contributed by atoms with Gasteiger partial charge in [0.1, 0.15) is 10.7 Å². The van der Waals surface area contributed by atoms with E-state index in [4.69, 9.17) is 0 Å². The maximum Gasteiger partial charge on any atom is 0.244 e. The Balaban J connectivity index is 2.73. The van der Waals surface area contributed by atoms with Gasteiger partial charge in [-0.1, -0.05) is 6.92 Å². The Morgan fingerprint density at radius 1 is 1.30 bits per heavy atom. The zero-order chi connectivity index (χ0) is 15.0. The van der Waals surface area contributed by atoms with E-state index in [2.05, 4.69) is 20.3 Å². The molecule has 0 spiro atoms. The SMILES string of the molecule is CCCNc1ncccc1S(=O)(=O)NCCNC(C)=O. The van der Waals surface area contributed by atoms with Crippen molar-refractivity contribution in [2.75, 3.05) is 25.0 Å². The van der Waals surface area contributed by atoms with Crippen molar-refractivity contribution in [3.63, 3.8) is 0 Å². The quantitative estimate of drug-likeness (QED) is 0.600. The molecule has 112 valence electrons. The summed E-state index contributed by atoms with van der Waals surface area (Å²) in [6.45, 7) is 4.38. The van der Waals surface area contributed by atoms with Crippen LogP contribution in [0.25, 0.3) is 0 Å². The highest BCUT2D eigenvalue weighted by molar-refractivity contribution is 7.89. The third-order valence-corrected chi connectivity index (χ3v) is 3.89. The summed E-state index contributed by atoms with van der Waals surface area (Å²) in [6, 6.07) is 3.06. The van der Waals surface area contributed by atoms with Crippen molar-refractivity contribution in [2.24, 2.45) is 0 Å². The second-order valence-electron chi connectivity index (χ2n) is 4.16. The van der Waals surface area contributed by atoms with Gasteiger partial charge in [-0.05, 0) is 18.6 Å². The fourth-order valence-corrected chi connectivity index (χ4v) is 2.65. The highest BCUT2D eigenvalue weighted by atomic mass is 32.2. The number of amides is 1. The van der Waals surface area contributed by atoms with Crippen LogP contribution in [0, 0.1) is 0 Å². The lowest BCUT2D eigenvalue weighted by Crippen LogP contribution is -2.34. The molecule has 0 aliphatic heterocycles. The van der Waals surface area contributed by atoms with Gasteiger partial charge in [0.15, 0.2) is 0 Å². The number of carbonyl (C=O) groups excluding carboxylic acids is 1. The first-order valence-electron chi connectivity index (χ1n) is 6.40. The van der Waals surface area contributed by atoms with Gasteiger partial charge in [-0.25, -0.2) is 18.1 Å². The molecule has 1 heterocycles. The van der Waals surface area contributed by atoms with Gasteiger partial charge >= 0.3 is 0 Å². The Morgan fingerprint density at radius 3 is 2.70 bits per heavy atom. The van der Waals surface area contributed by atoms with Crippen LogP contribution in [0.4, 0.5) is 5.82 Å². The number of hydrogen-bond acceptors (Lipinski definition) is 5. The molecular formula is C12H20N4O3S. The Hall–Kier alpha value is -1.67. The normalized spacial score (nSPS) is 11.1. The predicted molar refractivity (Wildman–Crippen MR) is 76.9 cm³/mol. The van der Waals surface area contributed by atoms with Gasteiger partial charge in [0.2, 0.25) is 15.9 Å². The van der Waals surface area contributed by atoms with E-state index in [0.29, 0.717) is 12.4 Å². The number of pyridine rings is 1. The van der Waals surface area contributed by atoms with Crippen molar-refractivity contribution in [3.8, 4) is 0 Å². The van der Waals surface area contributed by atoms with Gasteiger partial charge in [-0.3, -0.25) is 4.79 Å². The number of carbonyl (C=O) groups is 1. The van der Waals surface area contributed by atoms with Gasteiger partial charge in [0, 0.05) is 32.8 Å². The summed E-state index contributed by atoms with van der Waals surface area (Å²) in [5, 5.41) is 5.50. The average Bonchev–Trinajstić information content (AvgIpc) is 2.41. The molecule has 20 heavy (non-hydrogen) atoms. The first-order chi connectivity index (χ1) is 9.47. The van der Waals surface area contributed by atoms with Crippen LogP contribution < -0.4 is 15.4 Å². The molecule has 7 nitrogen and oxygen atoms in total. The van der Waals surface area contributed by atoms with Crippen LogP contribution in [-0.2, 0) is 14.8 Å². The summed E-state index contributed by atoms with van der Waals surface area (Å²) < 4.78 is 26.7. The van der Waals surface area contributed by atoms with Crippen molar-refractivity contribution in [2.45, 2.75) is 25.2 Å². The van der Waals surface area contributed by atoms with Crippen LogP contribution in [-0.4, -0.2) is 38.9 Å². The predicted octanol–water partition coefficient (Wildman–Crippen LogP) is 0.318. The summed E-state index contributed by atoms with van der Waals surface area (Å²) in [5.74, 6) is 0.136. The molecule has 0 aliphatic carbocycles. The molecule has 0 atom stereocenters. The van der Waals surface area contributed by atoms with E-state index in [1.54, 1.807) is 6.07 Å². The number of nitrogens with one attached hydrogen (secondary N) is 3. The smallest absolute Gasteiger partial charge is 0.244 e. The summed E-state index contributed by atoms with van der Waals surface area (Å²) in [7, 11) is -3.65. The minimum absolute atomic E-state index is 0.108. The van der Waals surface area contributed by atoms with Crippen LogP contribution >= 0.6 is 0 Å². The van der Waals surface area contributed by atoms with E-state index in [-0.39, 0.29) is 23.9 Å². The zero-order valence-corrected chi connectivity index (χ0v) is 12.5. The molecule has 0 bridgehead atoms. The molecule has 0 saturated heterocycles. The fraction of sp³-hybridized carbons (Fsp3) is 0.500. The third-order valence-electron chi connectivity index (χ3n) is 2.39. The molecular weight excluding hydrogens is 280 g/mol. The fourth-order valence-electron chi connectivity index (χ4n) is 1.49. The van der Waals surface area contributed by atoms with Crippen molar-refractivity contribution < 1.29 is 13.2 Å². The number of anilines is 1. The summed E-state index contributed by atoms with van der Waals surface area (Å²) in [5.41, 5.74) is 0. The topological polar surface area (TPSA) is 100 Å². The third kappa shape index (κ3) is 5.14. The van der Waals surface area contributed by atoms with Crippen LogP contribution in [0.2, 0.25) is 0 Å². The second kappa shape index (κ2) is 7.81. The van der Waals surface area contributed by atoms with Gasteiger partial charge in [-0.2, -0.15) is 0 Å². The highest BCUT2D eigenvalue weighted by Crippen LogP contribution is 2.17. The molecule has 0 aliphatic rings. The monoisotopic (exact) mass is 300 g/mol. The van der Waals surface area contributed by atoms with Crippen LogP contribution in [0.3, 0.4) is 0 Å². The maximum atomic E-state index is 12.2. The van der Waals surface area contributed by atoms with Crippen molar-refractivity contribution in [3.05, 3.63) is 18.3 Å². The molecule has 0 radical (unpaired) electrons. The molecule has 1 aromatic rings. The van der Waals surface area contributed by atoms with Crippen molar-refractivity contribution in [1.29, 1.82) is 0 Å². The highest BCUT2D eigenvalue weighted by Gasteiger charge is 2.18. The molecule has 1 rings (SSSR count). The van der Waals surface area contributed by atoms with Crippen molar-refractivity contribution >= 4 is 21.7 Å².